The Hall–Kier alpha value is -2.24. The monoisotopic (exact) mass is 382 g/mol. The van der Waals surface area contributed by atoms with Crippen LogP contribution in [0.25, 0.3) is 27.5 Å². The molecule has 4 rings (SSSR count). The number of alkyl halides is 3. The van der Waals surface area contributed by atoms with Crippen LogP contribution in [0.2, 0.25) is 5.02 Å². The molecule has 7 heteroatoms. The molecule has 2 aromatic heterocycles. The van der Waals surface area contributed by atoms with Gasteiger partial charge in [-0.25, -0.2) is 0 Å². The minimum absolute atomic E-state index is 0. The zero-order valence-corrected chi connectivity index (χ0v) is 14.2. The van der Waals surface area contributed by atoms with Crippen molar-refractivity contribution < 1.29 is 13.2 Å². The number of para-hydroxylation sites is 1. The highest BCUT2D eigenvalue weighted by molar-refractivity contribution is 6.35. The highest BCUT2D eigenvalue weighted by Gasteiger charge is 2.30. The quantitative estimate of drug-likeness (QED) is 0.379. The van der Waals surface area contributed by atoms with Crippen LogP contribution < -0.4 is 0 Å². The van der Waals surface area contributed by atoms with E-state index in [2.05, 4.69) is 4.98 Å². The van der Waals surface area contributed by atoms with Crippen LogP contribution in [0.5, 0.6) is 0 Å². The number of benzene rings is 2. The van der Waals surface area contributed by atoms with Crippen LogP contribution in [-0.2, 0) is 6.18 Å². The van der Waals surface area contributed by atoms with E-state index in [0.717, 1.165) is 28.7 Å². The van der Waals surface area contributed by atoms with Gasteiger partial charge in [0.15, 0.2) is 0 Å². The first-order chi connectivity index (χ1) is 11.4. The predicted octanol–water partition coefficient (Wildman–Crippen LogP) is 6.27. The first kappa shape index (κ1) is 17.6. The molecule has 0 amide bonds. The molecule has 0 saturated heterocycles. The number of halogens is 5. The molecule has 0 unspecified atom stereocenters. The largest absolute Gasteiger partial charge is 0.416 e. The van der Waals surface area contributed by atoms with E-state index in [9.17, 15) is 13.2 Å². The minimum Gasteiger partial charge on any atom is -0.314 e. The molecule has 0 aliphatic heterocycles. The average Bonchev–Trinajstić information content (AvgIpc) is 2.90. The molecular formula is C18H11Cl2F3N2. The molecule has 25 heavy (non-hydrogen) atoms. The third-order valence-corrected chi connectivity index (χ3v) is 4.27. The van der Waals surface area contributed by atoms with Crippen LogP contribution >= 0.6 is 24.0 Å². The molecule has 128 valence electrons. The molecule has 0 saturated carbocycles. The number of pyridine rings is 1. The second-order valence-corrected chi connectivity index (χ2v) is 5.83. The van der Waals surface area contributed by atoms with E-state index in [1.54, 1.807) is 12.3 Å². The summed E-state index contributed by atoms with van der Waals surface area (Å²) < 4.78 is 40.6. The fourth-order valence-electron chi connectivity index (χ4n) is 2.86. The van der Waals surface area contributed by atoms with Gasteiger partial charge in [-0.3, -0.25) is 4.98 Å². The van der Waals surface area contributed by atoms with Gasteiger partial charge in [0.1, 0.15) is 0 Å². The number of fused-ring (bicyclic) bond motifs is 2. The Bertz CT molecular complexity index is 1070. The summed E-state index contributed by atoms with van der Waals surface area (Å²) in [5.41, 5.74) is 1.19. The fourth-order valence-corrected chi connectivity index (χ4v) is 3.11. The van der Waals surface area contributed by atoms with Crippen LogP contribution in [0.1, 0.15) is 5.56 Å². The lowest BCUT2D eigenvalue weighted by Crippen LogP contribution is -2.05. The van der Waals surface area contributed by atoms with Crippen LogP contribution in [0.15, 0.2) is 60.9 Å². The molecule has 2 heterocycles. The van der Waals surface area contributed by atoms with Crippen LogP contribution in [0, 0.1) is 0 Å². The Morgan fingerprint density at radius 2 is 1.72 bits per heavy atom. The molecule has 0 N–H and O–H groups in total. The summed E-state index contributed by atoms with van der Waals surface area (Å²) in [4.78, 5) is 4.08. The third-order valence-electron chi connectivity index (χ3n) is 3.97. The fraction of sp³-hybridized carbons (Fsp3) is 0.0556. The van der Waals surface area contributed by atoms with Gasteiger partial charge in [-0.05, 0) is 24.3 Å². The van der Waals surface area contributed by atoms with Gasteiger partial charge in [-0.1, -0.05) is 35.9 Å². The van der Waals surface area contributed by atoms with Crippen molar-refractivity contribution >= 4 is 45.8 Å². The molecule has 0 aliphatic carbocycles. The smallest absolute Gasteiger partial charge is 0.314 e. The van der Waals surface area contributed by atoms with Gasteiger partial charge in [-0.2, -0.15) is 13.2 Å². The van der Waals surface area contributed by atoms with Crippen molar-refractivity contribution in [1.29, 1.82) is 0 Å². The Labute approximate surface area is 152 Å². The highest BCUT2D eigenvalue weighted by Crippen LogP contribution is 2.34. The van der Waals surface area contributed by atoms with Crippen LogP contribution in [-0.4, -0.2) is 9.55 Å². The van der Waals surface area contributed by atoms with E-state index in [0.29, 0.717) is 10.4 Å². The number of nitrogens with zero attached hydrogens (tertiary/aromatic N) is 2. The Morgan fingerprint density at radius 1 is 0.960 bits per heavy atom. The SMILES string of the molecule is Cl.FC(F)(F)c1ccc2c(-n3cc(Cl)c4ccccc43)ccnc2c1. The number of hydrogen-bond donors (Lipinski definition) is 0. The van der Waals surface area contributed by atoms with E-state index in [-0.39, 0.29) is 17.9 Å². The van der Waals surface area contributed by atoms with E-state index >= 15 is 0 Å². The normalized spacial score (nSPS) is 11.7. The second kappa shape index (κ2) is 6.24. The highest BCUT2D eigenvalue weighted by atomic mass is 35.5. The van der Waals surface area contributed by atoms with Crippen molar-refractivity contribution in [2.45, 2.75) is 6.18 Å². The summed E-state index contributed by atoms with van der Waals surface area (Å²) in [6.07, 6.45) is -1.13. The molecule has 0 fully saturated rings. The lowest BCUT2D eigenvalue weighted by atomic mass is 10.1. The molecule has 2 nitrogen and oxygen atoms in total. The lowest BCUT2D eigenvalue weighted by Gasteiger charge is -2.11. The molecule has 0 radical (unpaired) electrons. The van der Waals surface area contributed by atoms with Crippen molar-refractivity contribution in [3.05, 3.63) is 71.5 Å². The van der Waals surface area contributed by atoms with E-state index in [4.69, 9.17) is 11.6 Å². The predicted molar refractivity (Wildman–Crippen MR) is 95.8 cm³/mol. The molecule has 2 aromatic carbocycles. The van der Waals surface area contributed by atoms with E-state index < -0.39 is 11.7 Å². The van der Waals surface area contributed by atoms with Crippen LogP contribution in [0.3, 0.4) is 0 Å². The van der Waals surface area contributed by atoms with Crippen LogP contribution in [0.4, 0.5) is 13.2 Å². The summed E-state index contributed by atoms with van der Waals surface area (Å²) in [5.74, 6) is 0. The van der Waals surface area contributed by atoms with E-state index in [1.807, 2.05) is 28.8 Å². The minimum atomic E-state index is -4.39. The average molecular weight is 383 g/mol. The summed E-state index contributed by atoms with van der Waals surface area (Å²) in [6.45, 7) is 0. The number of aromatic nitrogens is 2. The standard InChI is InChI=1S/C18H10ClF3N2.ClH/c19-14-10-24(16-4-2-1-3-12(14)16)17-7-8-23-15-9-11(18(20,21)22)5-6-13(15)17;/h1-10H;1H. The maximum absolute atomic E-state index is 12.9. The molecule has 4 aromatic rings. The van der Waals surface area contributed by atoms with Gasteiger partial charge in [0, 0.05) is 23.2 Å². The van der Waals surface area contributed by atoms with Gasteiger partial charge < -0.3 is 4.57 Å². The van der Waals surface area contributed by atoms with Gasteiger partial charge in [-0.15, -0.1) is 12.4 Å². The summed E-state index contributed by atoms with van der Waals surface area (Å²) in [6, 6.07) is 12.9. The van der Waals surface area contributed by atoms with Crippen molar-refractivity contribution in [1.82, 2.24) is 9.55 Å². The van der Waals surface area contributed by atoms with E-state index in [1.165, 1.54) is 12.3 Å². The molecule has 0 atom stereocenters. The zero-order chi connectivity index (χ0) is 16.9. The first-order valence-corrected chi connectivity index (χ1v) is 7.55. The molecular weight excluding hydrogens is 372 g/mol. The zero-order valence-electron chi connectivity index (χ0n) is 12.6. The Kier molecular flexibility index (Phi) is 4.39. The van der Waals surface area contributed by atoms with Gasteiger partial charge in [0.2, 0.25) is 0 Å². The van der Waals surface area contributed by atoms with Gasteiger partial charge >= 0.3 is 6.18 Å². The Balaban J connectivity index is 0.00000182. The maximum Gasteiger partial charge on any atom is 0.416 e. The topological polar surface area (TPSA) is 17.8 Å². The van der Waals surface area contributed by atoms with Gasteiger partial charge in [0.25, 0.3) is 0 Å². The van der Waals surface area contributed by atoms with Gasteiger partial charge in [0.05, 0.1) is 27.3 Å². The first-order valence-electron chi connectivity index (χ1n) is 7.17. The summed E-state index contributed by atoms with van der Waals surface area (Å²) >= 11 is 6.28. The third kappa shape index (κ3) is 2.94. The Morgan fingerprint density at radius 3 is 2.48 bits per heavy atom. The number of hydrogen-bond acceptors (Lipinski definition) is 1. The van der Waals surface area contributed by atoms with Crippen molar-refractivity contribution in [3.63, 3.8) is 0 Å². The summed E-state index contributed by atoms with van der Waals surface area (Å²) in [7, 11) is 0. The van der Waals surface area contributed by atoms with Crippen molar-refractivity contribution in [2.75, 3.05) is 0 Å². The maximum atomic E-state index is 12.9. The number of rotatable bonds is 1. The molecule has 0 bridgehead atoms. The summed E-state index contributed by atoms with van der Waals surface area (Å²) in [5, 5.41) is 2.10. The molecule has 0 aliphatic rings. The lowest BCUT2D eigenvalue weighted by molar-refractivity contribution is -0.137. The van der Waals surface area contributed by atoms with Crippen molar-refractivity contribution in [3.8, 4) is 5.69 Å². The van der Waals surface area contributed by atoms with Crippen molar-refractivity contribution in [2.24, 2.45) is 0 Å². The second-order valence-electron chi connectivity index (χ2n) is 5.42. The molecule has 0 spiro atoms.